The monoisotopic (exact) mass is 293 g/mol. The fourth-order valence-corrected chi connectivity index (χ4v) is 2.48. The van der Waals surface area contributed by atoms with Crippen molar-refractivity contribution in [1.29, 1.82) is 0 Å². The summed E-state index contributed by atoms with van der Waals surface area (Å²) in [6.07, 6.45) is 0.146. The molecule has 0 amide bonds. The molecule has 0 atom stereocenters. The van der Waals surface area contributed by atoms with Gasteiger partial charge in [0.2, 0.25) is 0 Å². The molecule has 2 heterocycles. The summed E-state index contributed by atoms with van der Waals surface area (Å²) in [5.74, 6) is -0.522. The van der Waals surface area contributed by atoms with Gasteiger partial charge in [0.05, 0.1) is 11.2 Å². The Bertz CT molecular complexity index is 754. The summed E-state index contributed by atoms with van der Waals surface area (Å²) in [5, 5.41) is 3.80. The molecule has 102 valence electrons. The van der Waals surface area contributed by atoms with E-state index in [1.807, 2.05) is 6.92 Å². The Morgan fingerprint density at radius 2 is 2.15 bits per heavy atom. The molecule has 0 aliphatic rings. The van der Waals surface area contributed by atoms with Crippen LogP contribution in [0.1, 0.15) is 17.1 Å². The van der Waals surface area contributed by atoms with Crippen molar-refractivity contribution in [3.05, 3.63) is 52.4 Å². The summed E-state index contributed by atoms with van der Waals surface area (Å²) < 4.78 is 31.5. The average Bonchev–Trinajstić information content (AvgIpc) is 3.01. The van der Waals surface area contributed by atoms with E-state index in [0.29, 0.717) is 17.3 Å². The summed E-state index contributed by atoms with van der Waals surface area (Å²) in [5.41, 5.74) is 2.81. The molecule has 1 aromatic carbocycles. The minimum Gasteiger partial charge on any atom is -0.333 e. The Labute approximate surface area is 117 Å². The first-order valence-corrected chi connectivity index (χ1v) is 6.68. The third-order valence-electron chi connectivity index (χ3n) is 2.77. The van der Waals surface area contributed by atoms with Crippen LogP contribution in [-0.4, -0.2) is 15.1 Å². The fourth-order valence-electron chi connectivity index (χ4n) is 1.76. The zero-order chi connectivity index (χ0) is 14.1. The van der Waals surface area contributed by atoms with Crippen LogP contribution < -0.4 is 0 Å². The summed E-state index contributed by atoms with van der Waals surface area (Å²) in [7, 11) is 0. The van der Waals surface area contributed by atoms with Crippen LogP contribution in [0.25, 0.3) is 10.8 Å². The predicted octanol–water partition coefficient (Wildman–Crippen LogP) is 3.37. The molecule has 0 aliphatic heterocycles. The van der Waals surface area contributed by atoms with E-state index < -0.39 is 11.6 Å². The average molecular weight is 293 g/mol. The molecular weight excluding hydrogens is 284 g/mol. The molecule has 4 nitrogen and oxygen atoms in total. The quantitative estimate of drug-likeness (QED) is 0.743. The van der Waals surface area contributed by atoms with Gasteiger partial charge in [-0.25, -0.2) is 13.8 Å². The molecule has 3 aromatic rings. The Hall–Kier alpha value is -2.15. The van der Waals surface area contributed by atoms with Crippen LogP contribution in [0.15, 0.2) is 28.2 Å². The van der Waals surface area contributed by atoms with Crippen molar-refractivity contribution >= 4 is 11.3 Å². The lowest BCUT2D eigenvalue weighted by atomic mass is 10.1. The van der Waals surface area contributed by atoms with Crippen LogP contribution in [0.4, 0.5) is 8.78 Å². The van der Waals surface area contributed by atoms with Gasteiger partial charge >= 0.3 is 0 Å². The van der Waals surface area contributed by atoms with Gasteiger partial charge in [0.1, 0.15) is 16.5 Å². The summed E-state index contributed by atoms with van der Waals surface area (Å²) in [4.78, 5) is 9.10. The van der Waals surface area contributed by atoms with Gasteiger partial charge in [0.15, 0.2) is 5.82 Å². The number of halogens is 2. The molecule has 0 fully saturated rings. The topological polar surface area (TPSA) is 51.8 Å². The number of aryl methyl sites for hydroxylation is 1. The minimum atomic E-state index is -0.620. The number of nitrogens with zero attached hydrogens (tertiary/aromatic N) is 3. The zero-order valence-electron chi connectivity index (χ0n) is 10.4. The summed E-state index contributed by atoms with van der Waals surface area (Å²) >= 11 is 1.40. The highest BCUT2D eigenvalue weighted by Crippen LogP contribution is 2.25. The van der Waals surface area contributed by atoms with Gasteiger partial charge in [-0.15, -0.1) is 11.3 Å². The second-order valence-electron chi connectivity index (χ2n) is 4.20. The Balaban J connectivity index is 1.86. The normalized spacial score (nSPS) is 10.9. The summed E-state index contributed by atoms with van der Waals surface area (Å²) in [6.45, 7) is 1.84. The highest BCUT2D eigenvalue weighted by Gasteiger charge is 2.15. The van der Waals surface area contributed by atoms with E-state index in [9.17, 15) is 8.78 Å². The molecule has 7 heteroatoms. The number of thiazole rings is 1. The van der Waals surface area contributed by atoms with Gasteiger partial charge in [-0.1, -0.05) is 11.2 Å². The lowest BCUT2D eigenvalue weighted by Crippen LogP contribution is -1.95. The third-order valence-corrected chi connectivity index (χ3v) is 3.69. The van der Waals surface area contributed by atoms with Crippen LogP contribution in [0, 0.1) is 18.6 Å². The second-order valence-corrected chi connectivity index (χ2v) is 5.05. The van der Waals surface area contributed by atoms with Gasteiger partial charge in [-0.3, -0.25) is 0 Å². The highest BCUT2D eigenvalue weighted by atomic mass is 32.1. The molecular formula is C13H9F2N3OS. The Kier molecular flexibility index (Phi) is 3.27. The molecule has 0 radical (unpaired) electrons. The third kappa shape index (κ3) is 2.44. The Morgan fingerprint density at radius 1 is 1.30 bits per heavy atom. The number of hydrogen-bond donors (Lipinski definition) is 0. The number of benzene rings is 1. The van der Waals surface area contributed by atoms with Crippen LogP contribution >= 0.6 is 11.3 Å². The van der Waals surface area contributed by atoms with E-state index in [-0.39, 0.29) is 6.42 Å². The molecule has 3 rings (SSSR count). The van der Waals surface area contributed by atoms with Crippen molar-refractivity contribution in [2.75, 3.05) is 0 Å². The molecule has 0 unspecified atom stereocenters. The zero-order valence-corrected chi connectivity index (χ0v) is 11.2. The molecule has 0 bridgehead atoms. The van der Waals surface area contributed by atoms with Crippen molar-refractivity contribution in [1.82, 2.24) is 15.1 Å². The van der Waals surface area contributed by atoms with E-state index in [4.69, 9.17) is 4.52 Å². The molecule has 0 spiro atoms. The van der Waals surface area contributed by atoms with Gasteiger partial charge in [0.25, 0.3) is 5.89 Å². The van der Waals surface area contributed by atoms with E-state index in [0.717, 1.165) is 16.6 Å². The second kappa shape index (κ2) is 5.09. The maximum atomic E-state index is 13.5. The van der Waals surface area contributed by atoms with Crippen LogP contribution in [0.3, 0.4) is 0 Å². The number of rotatable bonds is 3. The molecule has 0 saturated heterocycles. The smallest absolute Gasteiger partial charge is 0.269 e. The predicted molar refractivity (Wildman–Crippen MR) is 69.3 cm³/mol. The SMILES string of the molecule is Cc1ncsc1-c1nc(Cc2ccc(F)cc2F)no1. The van der Waals surface area contributed by atoms with Crippen LogP contribution in [-0.2, 0) is 6.42 Å². The van der Waals surface area contributed by atoms with Gasteiger partial charge in [-0.05, 0) is 18.6 Å². The van der Waals surface area contributed by atoms with Crippen molar-refractivity contribution in [3.8, 4) is 10.8 Å². The highest BCUT2D eigenvalue weighted by molar-refractivity contribution is 7.13. The van der Waals surface area contributed by atoms with Crippen LogP contribution in [0.2, 0.25) is 0 Å². The largest absolute Gasteiger partial charge is 0.333 e. The molecule has 0 aliphatic carbocycles. The Morgan fingerprint density at radius 3 is 2.85 bits per heavy atom. The van der Waals surface area contributed by atoms with Crippen molar-refractivity contribution in [2.24, 2.45) is 0 Å². The first-order chi connectivity index (χ1) is 9.63. The molecule has 0 saturated carbocycles. The van der Waals surface area contributed by atoms with Crippen molar-refractivity contribution < 1.29 is 13.3 Å². The first-order valence-electron chi connectivity index (χ1n) is 5.80. The van der Waals surface area contributed by atoms with E-state index in [1.165, 1.54) is 23.5 Å². The van der Waals surface area contributed by atoms with Gasteiger partial charge < -0.3 is 4.52 Å². The lowest BCUT2D eigenvalue weighted by Gasteiger charge is -1.98. The number of aromatic nitrogens is 3. The van der Waals surface area contributed by atoms with E-state index in [1.54, 1.807) is 5.51 Å². The van der Waals surface area contributed by atoms with Crippen molar-refractivity contribution in [3.63, 3.8) is 0 Å². The van der Waals surface area contributed by atoms with Crippen LogP contribution in [0.5, 0.6) is 0 Å². The number of hydrogen-bond acceptors (Lipinski definition) is 5. The van der Waals surface area contributed by atoms with Gasteiger partial charge in [-0.2, -0.15) is 4.98 Å². The molecule has 0 N–H and O–H groups in total. The fraction of sp³-hybridized carbons (Fsp3) is 0.154. The van der Waals surface area contributed by atoms with Crippen molar-refractivity contribution in [2.45, 2.75) is 13.3 Å². The van der Waals surface area contributed by atoms with E-state index in [2.05, 4.69) is 15.1 Å². The van der Waals surface area contributed by atoms with Gasteiger partial charge in [0, 0.05) is 12.5 Å². The first kappa shape index (κ1) is 12.9. The minimum absolute atomic E-state index is 0.146. The summed E-state index contributed by atoms with van der Waals surface area (Å²) in [6, 6.07) is 3.41. The van der Waals surface area contributed by atoms with E-state index >= 15 is 0 Å². The molecule has 2 aromatic heterocycles. The standard InChI is InChI=1S/C13H9F2N3OS/c1-7-12(20-6-16-7)13-17-11(18-19-13)4-8-2-3-9(14)5-10(8)15/h2-3,5-6H,4H2,1H3. The maximum absolute atomic E-state index is 13.5. The lowest BCUT2D eigenvalue weighted by molar-refractivity contribution is 0.424. The maximum Gasteiger partial charge on any atom is 0.269 e. The molecule has 20 heavy (non-hydrogen) atoms.